The molecule has 0 spiro atoms. The van der Waals surface area contributed by atoms with Crippen molar-refractivity contribution in [2.24, 2.45) is 11.1 Å². The number of unbranched alkanes of at least 4 members (excludes halogenated alkanes) is 3. The molecule has 0 bridgehead atoms. The molecule has 4 nitrogen and oxygen atoms in total. The van der Waals surface area contributed by atoms with Crippen molar-refractivity contribution in [3.63, 3.8) is 0 Å². The van der Waals surface area contributed by atoms with Crippen LogP contribution < -0.4 is 15.2 Å². The minimum Gasteiger partial charge on any atom is -0.494 e. The van der Waals surface area contributed by atoms with E-state index >= 15 is 0 Å². The van der Waals surface area contributed by atoms with E-state index in [0.717, 1.165) is 49.1 Å². The molecule has 2 N–H and O–H groups in total. The van der Waals surface area contributed by atoms with E-state index in [1.54, 1.807) is 0 Å². The Labute approximate surface area is 154 Å². The van der Waals surface area contributed by atoms with Gasteiger partial charge in [-0.05, 0) is 62.8 Å². The molecule has 0 aliphatic heterocycles. The average molecular weight is 400 g/mol. The van der Waals surface area contributed by atoms with Crippen LogP contribution >= 0.6 is 15.9 Å². The third-order valence-electron chi connectivity index (χ3n) is 4.00. The van der Waals surface area contributed by atoms with Gasteiger partial charge in [-0.2, -0.15) is 0 Å². The smallest absolute Gasteiger partial charge is 0.223 e. The Hall–Kier alpha value is -1.23. The summed E-state index contributed by atoms with van der Waals surface area (Å²) in [5.41, 5.74) is 4.93. The van der Waals surface area contributed by atoms with Crippen LogP contribution in [0.3, 0.4) is 0 Å². The van der Waals surface area contributed by atoms with Crippen LogP contribution in [0.15, 0.2) is 24.3 Å². The largest absolute Gasteiger partial charge is 0.494 e. The van der Waals surface area contributed by atoms with E-state index in [9.17, 15) is 4.79 Å². The first-order valence-electron chi connectivity index (χ1n) is 8.67. The molecule has 0 heterocycles. The molecular formula is C19H30BrNO3. The molecule has 0 fully saturated rings. The topological polar surface area (TPSA) is 61.6 Å². The van der Waals surface area contributed by atoms with Crippen molar-refractivity contribution in [2.75, 3.05) is 18.5 Å². The predicted octanol–water partition coefficient (Wildman–Crippen LogP) is 4.69. The highest BCUT2D eigenvalue weighted by atomic mass is 79.9. The summed E-state index contributed by atoms with van der Waals surface area (Å²) in [4.78, 5) is 11.2. The molecule has 1 aromatic carbocycles. The summed E-state index contributed by atoms with van der Waals surface area (Å²) in [6, 6.07) is 7.74. The molecule has 24 heavy (non-hydrogen) atoms. The fourth-order valence-electron chi connectivity index (χ4n) is 2.18. The summed E-state index contributed by atoms with van der Waals surface area (Å²) >= 11 is 3.43. The Morgan fingerprint density at radius 2 is 1.46 bits per heavy atom. The Kier molecular flexibility index (Phi) is 9.84. The lowest BCUT2D eigenvalue weighted by Crippen LogP contribution is -2.31. The minimum atomic E-state index is -0.437. The molecule has 0 saturated carbocycles. The monoisotopic (exact) mass is 399 g/mol. The maximum Gasteiger partial charge on any atom is 0.223 e. The van der Waals surface area contributed by atoms with E-state index in [2.05, 4.69) is 15.9 Å². The van der Waals surface area contributed by atoms with Gasteiger partial charge in [0.05, 0.1) is 13.2 Å². The number of ether oxygens (including phenoxy) is 2. The summed E-state index contributed by atoms with van der Waals surface area (Å²) in [6.45, 7) is 5.16. The van der Waals surface area contributed by atoms with Gasteiger partial charge in [-0.3, -0.25) is 4.79 Å². The summed E-state index contributed by atoms with van der Waals surface area (Å²) < 4.78 is 11.4. The minimum absolute atomic E-state index is 0.244. The zero-order chi connectivity index (χ0) is 17.8. The van der Waals surface area contributed by atoms with Crippen molar-refractivity contribution in [1.82, 2.24) is 0 Å². The lowest BCUT2D eigenvalue weighted by atomic mass is 9.86. The fourth-order valence-corrected chi connectivity index (χ4v) is 2.57. The second-order valence-corrected chi connectivity index (χ2v) is 7.42. The number of hydrogen-bond acceptors (Lipinski definition) is 3. The molecule has 0 aromatic heterocycles. The number of hydrogen-bond donors (Lipinski definition) is 1. The van der Waals surface area contributed by atoms with Gasteiger partial charge >= 0.3 is 0 Å². The molecule has 0 unspecified atom stereocenters. The van der Waals surface area contributed by atoms with Gasteiger partial charge in [0.25, 0.3) is 0 Å². The standard InChI is InChI=1S/C19H30BrNO3/c1-19(2,18(21)22)12-4-7-15-24-17-10-8-16(9-11-17)23-14-6-3-5-13-20/h8-11H,3-7,12-15H2,1-2H3,(H2,21,22). The van der Waals surface area contributed by atoms with E-state index in [-0.39, 0.29) is 5.91 Å². The quantitative estimate of drug-likeness (QED) is 0.386. The molecule has 1 amide bonds. The summed E-state index contributed by atoms with van der Waals surface area (Å²) in [6.07, 6.45) is 6.05. The van der Waals surface area contributed by atoms with Crippen molar-refractivity contribution < 1.29 is 14.3 Å². The van der Waals surface area contributed by atoms with Crippen LogP contribution in [0, 0.1) is 5.41 Å². The first-order chi connectivity index (χ1) is 11.5. The number of alkyl halides is 1. The van der Waals surface area contributed by atoms with Crippen molar-refractivity contribution in [1.29, 1.82) is 0 Å². The van der Waals surface area contributed by atoms with Gasteiger partial charge in [0.15, 0.2) is 0 Å². The Morgan fingerprint density at radius 1 is 0.958 bits per heavy atom. The first-order valence-corrected chi connectivity index (χ1v) is 9.79. The number of carbonyl (C=O) groups is 1. The maximum atomic E-state index is 11.2. The van der Waals surface area contributed by atoms with E-state index in [0.29, 0.717) is 6.61 Å². The Morgan fingerprint density at radius 3 is 1.92 bits per heavy atom. The molecule has 0 radical (unpaired) electrons. The Bertz CT molecular complexity index is 474. The molecule has 136 valence electrons. The third-order valence-corrected chi connectivity index (χ3v) is 4.56. The van der Waals surface area contributed by atoms with Crippen molar-refractivity contribution in [3.8, 4) is 11.5 Å². The highest BCUT2D eigenvalue weighted by molar-refractivity contribution is 9.09. The molecule has 0 aliphatic rings. The Balaban J connectivity index is 2.17. The highest BCUT2D eigenvalue weighted by Crippen LogP contribution is 2.23. The van der Waals surface area contributed by atoms with Gasteiger partial charge in [0, 0.05) is 10.7 Å². The van der Waals surface area contributed by atoms with E-state index in [1.165, 1.54) is 12.8 Å². The van der Waals surface area contributed by atoms with Crippen LogP contribution in [-0.2, 0) is 4.79 Å². The van der Waals surface area contributed by atoms with Gasteiger partial charge in [-0.1, -0.05) is 29.8 Å². The van der Waals surface area contributed by atoms with Crippen molar-refractivity contribution >= 4 is 21.8 Å². The van der Waals surface area contributed by atoms with Gasteiger partial charge in [0.2, 0.25) is 5.91 Å². The maximum absolute atomic E-state index is 11.2. The van der Waals surface area contributed by atoms with Crippen LogP contribution in [0.2, 0.25) is 0 Å². The van der Waals surface area contributed by atoms with Gasteiger partial charge in [-0.25, -0.2) is 0 Å². The second-order valence-electron chi connectivity index (χ2n) is 6.62. The predicted molar refractivity (Wildman–Crippen MR) is 102 cm³/mol. The second kappa shape index (κ2) is 11.3. The van der Waals surface area contributed by atoms with E-state index in [4.69, 9.17) is 15.2 Å². The van der Waals surface area contributed by atoms with Crippen LogP contribution in [0.1, 0.15) is 52.4 Å². The fraction of sp³-hybridized carbons (Fsp3) is 0.632. The number of benzene rings is 1. The third kappa shape index (κ3) is 8.57. The molecule has 0 atom stereocenters. The van der Waals surface area contributed by atoms with Crippen LogP contribution in [0.25, 0.3) is 0 Å². The first kappa shape index (κ1) is 20.8. The van der Waals surface area contributed by atoms with E-state index in [1.807, 2.05) is 38.1 Å². The van der Waals surface area contributed by atoms with Gasteiger partial charge in [0.1, 0.15) is 11.5 Å². The zero-order valence-corrected chi connectivity index (χ0v) is 16.4. The van der Waals surface area contributed by atoms with Crippen LogP contribution in [-0.4, -0.2) is 24.5 Å². The summed E-state index contributed by atoms with van der Waals surface area (Å²) in [5, 5.41) is 1.05. The molecule has 0 saturated heterocycles. The number of carbonyl (C=O) groups excluding carboxylic acids is 1. The van der Waals surface area contributed by atoms with Gasteiger partial charge in [-0.15, -0.1) is 0 Å². The summed E-state index contributed by atoms with van der Waals surface area (Å²) in [5.74, 6) is 1.48. The number of halogens is 1. The number of rotatable bonds is 13. The molecular weight excluding hydrogens is 370 g/mol. The van der Waals surface area contributed by atoms with Crippen LogP contribution in [0.4, 0.5) is 0 Å². The molecule has 1 aromatic rings. The van der Waals surface area contributed by atoms with E-state index < -0.39 is 5.41 Å². The zero-order valence-electron chi connectivity index (χ0n) is 14.9. The SMILES string of the molecule is CC(C)(CCCCOc1ccc(OCCCCCBr)cc1)C(N)=O. The normalized spacial score (nSPS) is 11.3. The number of nitrogens with two attached hydrogens (primary N) is 1. The van der Waals surface area contributed by atoms with Crippen LogP contribution in [0.5, 0.6) is 11.5 Å². The number of primary amides is 1. The number of amides is 1. The van der Waals surface area contributed by atoms with Gasteiger partial charge < -0.3 is 15.2 Å². The molecule has 1 rings (SSSR count). The average Bonchev–Trinajstić information content (AvgIpc) is 2.55. The highest BCUT2D eigenvalue weighted by Gasteiger charge is 2.23. The lowest BCUT2D eigenvalue weighted by Gasteiger charge is -2.19. The van der Waals surface area contributed by atoms with Crippen molar-refractivity contribution in [3.05, 3.63) is 24.3 Å². The molecule has 5 heteroatoms. The molecule has 0 aliphatic carbocycles. The van der Waals surface area contributed by atoms with Crippen molar-refractivity contribution in [2.45, 2.75) is 52.4 Å². The summed E-state index contributed by atoms with van der Waals surface area (Å²) in [7, 11) is 0. The lowest BCUT2D eigenvalue weighted by molar-refractivity contribution is -0.126.